The summed E-state index contributed by atoms with van der Waals surface area (Å²) in [4.78, 5) is 15.5. The molecule has 0 spiro atoms. The topological polar surface area (TPSA) is 78.9 Å². The van der Waals surface area contributed by atoms with Gasteiger partial charge < -0.3 is 15.0 Å². The summed E-state index contributed by atoms with van der Waals surface area (Å²) in [5.41, 5.74) is 0.788. The maximum absolute atomic E-state index is 12.9. The van der Waals surface area contributed by atoms with E-state index >= 15 is 0 Å². The minimum absolute atomic E-state index is 0.228. The summed E-state index contributed by atoms with van der Waals surface area (Å²) in [6.45, 7) is 2.97. The minimum Gasteiger partial charge on any atom is -0.496 e. The molecule has 0 aliphatic carbocycles. The highest BCUT2D eigenvalue weighted by molar-refractivity contribution is 7.92. The zero-order valence-electron chi connectivity index (χ0n) is 17.0. The molecule has 2 aliphatic heterocycles. The lowest BCUT2D eigenvalue weighted by molar-refractivity contribution is 0.0575. The Kier molecular flexibility index (Phi) is 6.50. The van der Waals surface area contributed by atoms with Gasteiger partial charge in [-0.1, -0.05) is 6.42 Å². The summed E-state index contributed by atoms with van der Waals surface area (Å²) >= 11 is 0. The molecule has 2 atom stereocenters. The van der Waals surface area contributed by atoms with E-state index in [1.165, 1.54) is 52.9 Å². The maximum Gasteiger partial charge on any atom is 0.255 e. The SMILES string of the molecule is COc1ccc(N(C)S(C)(=O)=O)cc1C(=O)NC[C@H]1CCCN2CCCC[C@H]12. The zero-order valence-corrected chi connectivity index (χ0v) is 17.8. The maximum atomic E-state index is 12.9. The van der Waals surface area contributed by atoms with Crippen LogP contribution >= 0.6 is 0 Å². The highest BCUT2D eigenvalue weighted by Crippen LogP contribution is 2.31. The third-order valence-electron chi connectivity index (χ3n) is 6.04. The number of nitrogens with one attached hydrogen (secondary N) is 1. The van der Waals surface area contributed by atoms with Gasteiger partial charge in [0.15, 0.2) is 0 Å². The van der Waals surface area contributed by atoms with E-state index in [0.717, 1.165) is 17.0 Å². The van der Waals surface area contributed by atoms with Crippen LogP contribution in [0.5, 0.6) is 5.75 Å². The second-order valence-corrected chi connectivity index (χ2v) is 9.84. The number of carbonyl (C=O) groups excluding carboxylic acids is 1. The summed E-state index contributed by atoms with van der Waals surface area (Å²) in [5.74, 6) is 0.672. The average molecular weight is 410 g/mol. The van der Waals surface area contributed by atoms with Crippen LogP contribution in [0.2, 0.25) is 0 Å². The standard InChI is InChI=1S/C20H31N3O4S/c1-22(28(3,25)26)16-9-10-19(27-2)17(13-16)20(24)21-14-15-7-6-12-23-11-5-4-8-18(15)23/h9-10,13,15,18H,4-8,11-12,14H2,1-3H3,(H,21,24)/t15-,18-/m1/s1. The van der Waals surface area contributed by atoms with Gasteiger partial charge in [0.2, 0.25) is 10.0 Å². The molecule has 1 amide bonds. The van der Waals surface area contributed by atoms with Gasteiger partial charge in [-0.3, -0.25) is 9.10 Å². The quantitative estimate of drug-likeness (QED) is 0.778. The van der Waals surface area contributed by atoms with E-state index in [1.807, 2.05) is 0 Å². The molecule has 1 aromatic carbocycles. The fraction of sp³-hybridized carbons (Fsp3) is 0.650. The third-order valence-corrected chi connectivity index (χ3v) is 7.25. The Labute approximate surface area is 168 Å². The zero-order chi connectivity index (χ0) is 20.3. The number of nitrogens with zero attached hydrogens (tertiary/aromatic N) is 2. The predicted octanol–water partition coefficient (Wildman–Crippen LogP) is 2.09. The highest BCUT2D eigenvalue weighted by Gasteiger charge is 2.33. The number of rotatable bonds is 6. The fourth-order valence-electron chi connectivity index (χ4n) is 4.40. The van der Waals surface area contributed by atoms with Crippen molar-refractivity contribution < 1.29 is 17.9 Å². The van der Waals surface area contributed by atoms with Crippen molar-refractivity contribution in [3.8, 4) is 5.75 Å². The van der Waals surface area contributed by atoms with Crippen LogP contribution in [0.4, 0.5) is 5.69 Å². The predicted molar refractivity (Wildman–Crippen MR) is 111 cm³/mol. The Morgan fingerprint density at radius 3 is 2.71 bits per heavy atom. The number of methoxy groups -OCH3 is 1. The number of sulfonamides is 1. The lowest BCUT2D eigenvalue weighted by Gasteiger charge is -2.44. The Morgan fingerprint density at radius 2 is 2.00 bits per heavy atom. The molecule has 2 heterocycles. The number of hydrogen-bond donors (Lipinski definition) is 1. The summed E-state index contributed by atoms with van der Waals surface area (Å²) in [5, 5.41) is 3.07. The monoisotopic (exact) mass is 409 g/mol. The molecule has 1 N–H and O–H groups in total. The third kappa shape index (κ3) is 4.60. The van der Waals surface area contributed by atoms with Crippen LogP contribution < -0.4 is 14.4 Å². The molecule has 0 aromatic heterocycles. The van der Waals surface area contributed by atoms with E-state index in [1.54, 1.807) is 18.2 Å². The van der Waals surface area contributed by atoms with Crippen molar-refractivity contribution in [2.45, 2.75) is 38.1 Å². The van der Waals surface area contributed by atoms with Crippen molar-refractivity contribution >= 4 is 21.6 Å². The lowest BCUT2D eigenvalue weighted by atomic mass is 9.83. The van der Waals surface area contributed by atoms with E-state index in [-0.39, 0.29) is 5.91 Å². The first-order chi connectivity index (χ1) is 13.3. The van der Waals surface area contributed by atoms with E-state index < -0.39 is 10.0 Å². The van der Waals surface area contributed by atoms with Gasteiger partial charge >= 0.3 is 0 Å². The van der Waals surface area contributed by atoms with Crippen LogP contribution in [-0.2, 0) is 10.0 Å². The molecule has 0 bridgehead atoms. The van der Waals surface area contributed by atoms with E-state index in [0.29, 0.717) is 35.5 Å². The molecule has 28 heavy (non-hydrogen) atoms. The Balaban J connectivity index is 1.72. The molecular formula is C20H31N3O4S. The molecule has 0 radical (unpaired) electrons. The highest BCUT2D eigenvalue weighted by atomic mass is 32.2. The van der Waals surface area contributed by atoms with E-state index in [9.17, 15) is 13.2 Å². The normalized spacial score (nSPS) is 23.0. The number of piperidine rings is 2. The van der Waals surface area contributed by atoms with Gasteiger partial charge in [-0.2, -0.15) is 0 Å². The molecule has 8 heteroatoms. The Bertz CT molecular complexity index is 810. The van der Waals surface area contributed by atoms with Crippen LogP contribution in [0.25, 0.3) is 0 Å². The second kappa shape index (κ2) is 8.69. The number of amides is 1. The number of carbonyl (C=O) groups is 1. The van der Waals surface area contributed by atoms with Gasteiger partial charge in [0.05, 0.1) is 24.6 Å². The first-order valence-corrected chi connectivity index (χ1v) is 11.8. The van der Waals surface area contributed by atoms with E-state index in [2.05, 4.69) is 10.2 Å². The largest absolute Gasteiger partial charge is 0.496 e. The lowest BCUT2D eigenvalue weighted by Crippen LogP contribution is -2.51. The fourth-order valence-corrected chi connectivity index (χ4v) is 4.89. The van der Waals surface area contributed by atoms with Crippen molar-refractivity contribution in [3.05, 3.63) is 23.8 Å². The second-order valence-electron chi connectivity index (χ2n) is 7.83. The molecule has 0 saturated carbocycles. The summed E-state index contributed by atoms with van der Waals surface area (Å²) < 4.78 is 30.1. The average Bonchev–Trinajstić information content (AvgIpc) is 2.70. The first kappa shape index (κ1) is 20.9. The van der Waals surface area contributed by atoms with E-state index in [4.69, 9.17) is 4.74 Å². The summed E-state index contributed by atoms with van der Waals surface area (Å²) in [7, 11) is -0.428. The number of ether oxygens (including phenoxy) is 1. The van der Waals surface area contributed by atoms with Crippen LogP contribution in [0.3, 0.4) is 0 Å². The molecular weight excluding hydrogens is 378 g/mol. The van der Waals surface area contributed by atoms with Crippen molar-refractivity contribution in [2.24, 2.45) is 5.92 Å². The van der Waals surface area contributed by atoms with Crippen molar-refractivity contribution in [1.82, 2.24) is 10.2 Å². The molecule has 2 saturated heterocycles. The van der Waals surface area contributed by atoms with Gasteiger partial charge in [0.25, 0.3) is 5.91 Å². The number of anilines is 1. The van der Waals surface area contributed by atoms with Gasteiger partial charge in [-0.25, -0.2) is 8.42 Å². The van der Waals surface area contributed by atoms with Gasteiger partial charge in [-0.15, -0.1) is 0 Å². The molecule has 3 rings (SSSR count). The molecule has 7 nitrogen and oxygen atoms in total. The van der Waals surface area contributed by atoms with Crippen LogP contribution in [-0.4, -0.2) is 65.3 Å². The first-order valence-electron chi connectivity index (χ1n) is 9.95. The molecule has 0 unspecified atom stereocenters. The summed E-state index contributed by atoms with van der Waals surface area (Å²) in [6, 6.07) is 5.41. The van der Waals surface area contributed by atoms with Crippen molar-refractivity contribution in [2.75, 3.05) is 44.4 Å². The number of benzene rings is 1. The van der Waals surface area contributed by atoms with Crippen LogP contribution in [0.15, 0.2) is 18.2 Å². The smallest absolute Gasteiger partial charge is 0.255 e. The molecule has 156 valence electrons. The Hall–Kier alpha value is -1.80. The number of hydrogen-bond acceptors (Lipinski definition) is 5. The van der Waals surface area contributed by atoms with Crippen molar-refractivity contribution in [3.63, 3.8) is 0 Å². The van der Waals surface area contributed by atoms with Gasteiger partial charge in [-0.05, 0) is 62.9 Å². The van der Waals surface area contributed by atoms with Gasteiger partial charge in [0.1, 0.15) is 5.75 Å². The number of fused-ring (bicyclic) bond motifs is 1. The Morgan fingerprint density at radius 1 is 1.25 bits per heavy atom. The van der Waals surface area contributed by atoms with Crippen LogP contribution in [0, 0.1) is 5.92 Å². The van der Waals surface area contributed by atoms with Crippen molar-refractivity contribution in [1.29, 1.82) is 0 Å². The van der Waals surface area contributed by atoms with Crippen LogP contribution in [0.1, 0.15) is 42.5 Å². The van der Waals surface area contributed by atoms with Gasteiger partial charge in [0, 0.05) is 19.6 Å². The molecule has 2 fully saturated rings. The summed E-state index contributed by atoms with van der Waals surface area (Å²) in [6.07, 6.45) is 7.19. The minimum atomic E-state index is -3.41. The molecule has 1 aromatic rings. The molecule has 2 aliphatic rings.